The van der Waals surface area contributed by atoms with Gasteiger partial charge in [0.25, 0.3) is 0 Å². The minimum absolute atomic E-state index is 0.295. The summed E-state index contributed by atoms with van der Waals surface area (Å²) in [6.45, 7) is 2.30. The predicted octanol–water partition coefficient (Wildman–Crippen LogP) is 2.47. The van der Waals surface area contributed by atoms with Crippen LogP contribution < -0.4 is 14.8 Å². The molecule has 92 valence electrons. The Bertz CT molecular complexity index is 443. The fourth-order valence-corrected chi connectivity index (χ4v) is 3.24. The van der Waals surface area contributed by atoms with E-state index >= 15 is 0 Å². The third kappa shape index (κ3) is 1.93. The van der Waals surface area contributed by atoms with Crippen molar-refractivity contribution in [2.75, 3.05) is 26.8 Å². The number of halogens is 1. The molecule has 1 aromatic rings. The van der Waals surface area contributed by atoms with E-state index in [1.165, 1.54) is 18.4 Å². The number of rotatable bonds is 3. The van der Waals surface area contributed by atoms with E-state index in [9.17, 15) is 0 Å². The molecule has 2 aliphatic rings. The molecule has 1 aliphatic carbocycles. The van der Waals surface area contributed by atoms with Crippen LogP contribution in [0.15, 0.2) is 16.6 Å². The summed E-state index contributed by atoms with van der Waals surface area (Å²) in [5.41, 5.74) is 1.64. The van der Waals surface area contributed by atoms with Gasteiger partial charge in [-0.3, -0.25) is 0 Å². The molecule has 1 saturated carbocycles. The molecular formula is C13H16BrNO2. The molecule has 3 rings (SSSR count). The number of likely N-dealkylation sites (N-methyl/N-ethyl adjacent to an activating group) is 1. The molecule has 1 heterocycles. The van der Waals surface area contributed by atoms with Gasteiger partial charge < -0.3 is 14.8 Å². The molecule has 0 aromatic heterocycles. The van der Waals surface area contributed by atoms with Crippen molar-refractivity contribution in [3.05, 3.63) is 22.2 Å². The highest BCUT2D eigenvalue weighted by Gasteiger charge is 2.45. The summed E-state index contributed by atoms with van der Waals surface area (Å²) < 4.78 is 12.4. The average molecular weight is 298 g/mol. The second kappa shape index (κ2) is 4.18. The van der Waals surface area contributed by atoms with Crippen LogP contribution in [0, 0.1) is 0 Å². The van der Waals surface area contributed by atoms with Crippen LogP contribution in [0.1, 0.15) is 18.4 Å². The van der Waals surface area contributed by atoms with Gasteiger partial charge >= 0.3 is 0 Å². The van der Waals surface area contributed by atoms with Crippen molar-refractivity contribution in [1.82, 2.24) is 5.32 Å². The maximum atomic E-state index is 5.65. The van der Waals surface area contributed by atoms with Gasteiger partial charge in [0, 0.05) is 16.4 Å². The van der Waals surface area contributed by atoms with Gasteiger partial charge in [-0.15, -0.1) is 0 Å². The number of fused-ring (bicyclic) bond motifs is 1. The quantitative estimate of drug-likeness (QED) is 0.930. The molecule has 0 spiro atoms. The van der Waals surface area contributed by atoms with Gasteiger partial charge in [-0.2, -0.15) is 0 Å². The van der Waals surface area contributed by atoms with Crippen LogP contribution in [-0.2, 0) is 5.41 Å². The Balaban J connectivity index is 2.00. The van der Waals surface area contributed by atoms with Crippen molar-refractivity contribution in [1.29, 1.82) is 0 Å². The Morgan fingerprint density at radius 3 is 2.47 bits per heavy atom. The van der Waals surface area contributed by atoms with Gasteiger partial charge in [0.2, 0.25) is 0 Å². The van der Waals surface area contributed by atoms with E-state index in [1.807, 2.05) is 13.1 Å². The molecule has 1 aromatic carbocycles. The number of ether oxygens (including phenoxy) is 2. The van der Waals surface area contributed by atoms with E-state index in [1.54, 1.807) is 0 Å². The molecule has 0 atom stereocenters. The van der Waals surface area contributed by atoms with E-state index in [0.717, 1.165) is 22.5 Å². The van der Waals surface area contributed by atoms with Crippen LogP contribution in [0.25, 0.3) is 0 Å². The third-order valence-corrected chi connectivity index (χ3v) is 4.23. The number of benzene rings is 1. The SMILES string of the molecule is CNCC1(c2cc3c(cc2Br)OCCO3)CC1. The zero-order valence-electron chi connectivity index (χ0n) is 9.88. The Hall–Kier alpha value is -0.740. The lowest BCUT2D eigenvalue weighted by molar-refractivity contribution is 0.171. The Morgan fingerprint density at radius 1 is 1.24 bits per heavy atom. The van der Waals surface area contributed by atoms with Gasteiger partial charge in [-0.1, -0.05) is 15.9 Å². The van der Waals surface area contributed by atoms with E-state index in [2.05, 4.69) is 27.3 Å². The molecule has 17 heavy (non-hydrogen) atoms. The van der Waals surface area contributed by atoms with Crippen LogP contribution in [0.5, 0.6) is 11.5 Å². The zero-order valence-corrected chi connectivity index (χ0v) is 11.5. The van der Waals surface area contributed by atoms with E-state index in [-0.39, 0.29) is 0 Å². The van der Waals surface area contributed by atoms with Crippen LogP contribution in [-0.4, -0.2) is 26.8 Å². The first-order valence-corrected chi connectivity index (χ1v) is 6.79. The van der Waals surface area contributed by atoms with Crippen LogP contribution in [0.3, 0.4) is 0 Å². The maximum absolute atomic E-state index is 5.65. The Morgan fingerprint density at radius 2 is 1.88 bits per heavy atom. The number of hydrogen-bond donors (Lipinski definition) is 1. The molecule has 4 heteroatoms. The topological polar surface area (TPSA) is 30.5 Å². The summed E-state index contributed by atoms with van der Waals surface area (Å²) in [5, 5.41) is 3.28. The summed E-state index contributed by atoms with van der Waals surface area (Å²) in [5.74, 6) is 1.74. The standard InChI is InChI=1S/C13H16BrNO2/c1-15-8-13(2-3-13)9-6-11-12(7-10(9)14)17-5-4-16-11/h6-7,15H,2-5,8H2,1H3. The van der Waals surface area contributed by atoms with Crippen molar-refractivity contribution in [3.8, 4) is 11.5 Å². The average Bonchev–Trinajstić information content (AvgIpc) is 3.09. The second-order valence-corrected chi connectivity index (χ2v) is 5.64. The molecule has 0 bridgehead atoms. The first-order chi connectivity index (χ1) is 8.25. The fraction of sp³-hybridized carbons (Fsp3) is 0.538. The largest absolute Gasteiger partial charge is 0.486 e. The molecule has 0 saturated heterocycles. The number of nitrogens with one attached hydrogen (secondary N) is 1. The first kappa shape index (κ1) is 11.4. The minimum Gasteiger partial charge on any atom is -0.486 e. The van der Waals surface area contributed by atoms with Gasteiger partial charge in [0.15, 0.2) is 11.5 Å². The molecule has 3 nitrogen and oxygen atoms in total. The van der Waals surface area contributed by atoms with Crippen LogP contribution in [0.4, 0.5) is 0 Å². The number of hydrogen-bond acceptors (Lipinski definition) is 3. The monoisotopic (exact) mass is 297 g/mol. The first-order valence-electron chi connectivity index (χ1n) is 5.99. The Labute approximate surface area is 110 Å². The lowest BCUT2D eigenvalue weighted by atomic mass is 9.95. The van der Waals surface area contributed by atoms with Crippen molar-refractivity contribution >= 4 is 15.9 Å². The summed E-state index contributed by atoms with van der Waals surface area (Å²) in [7, 11) is 2.01. The lowest BCUT2D eigenvalue weighted by Gasteiger charge is -2.23. The predicted molar refractivity (Wildman–Crippen MR) is 70.0 cm³/mol. The molecule has 0 amide bonds. The Kier molecular flexibility index (Phi) is 2.79. The smallest absolute Gasteiger partial charge is 0.162 e. The second-order valence-electron chi connectivity index (χ2n) is 4.79. The van der Waals surface area contributed by atoms with Crippen molar-refractivity contribution in [3.63, 3.8) is 0 Å². The molecule has 1 N–H and O–H groups in total. The molecule has 0 unspecified atom stereocenters. The van der Waals surface area contributed by atoms with Crippen molar-refractivity contribution in [2.45, 2.75) is 18.3 Å². The molecule has 1 aliphatic heterocycles. The highest BCUT2D eigenvalue weighted by Crippen LogP contribution is 2.52. The van der Waals surface area contributed by atoms with Crippen molar-refractivity contribution < 1.29 is 9.47 Å². The van der Waals surface area contributed by atoms with Gasteiger partial charge in [-0.25, -0.2) is 0 Å². The normalized spacial score (nSPS) is 20.1. The molecule has 1 fully saturated rings. The lowest BCUT2D eigenvalue weighted by Crippen LogP contribution is -2.24. The van der Waals surface area contributed by atoms with Gasteiger partial charge in [0.05, 0.1) is 0 Å². The third-order valence-electron chi connectivity index (χ3n) is 3.57. The highest BCUT2D eigenvalue weighted by molar-refractivity contribution is 9.10. The highest BCUT2D eigenvalue weighted by atomic mass is 79.9. The zero-order chi connectivity index (χ0) is 11.9. The van der Waals surface area contributed by atoms with E-state index in [0.29, 0.717) is 18.6 Å². The van der Waals surface area contributed by atoms with Crippen LogP contribution >= 0.6 is 15.9 Å². The van der Waals surface area contributed by atoms with Crippen molar-refractivity contribution in [2.24, 2.45) is 0 Å². The molecular weight excluding hydrogens is 282 g/mol. The van der Waals surface area contributed by atoms with Gasteiger partial charge in [0.1, 0.15) is 13.2 Å². The minimum atomic E-state index is 0.295. The summed E-state index contributed by atoms with van der Waals surface area (Å²) in [6.07, 6.45) is 2.48. The van der Waals surface area contributed by atoms with E-state index in [4.69, 9.17) is 9.47 Å². The van der Waals surface area contributed by atoms with Crippen LogP contribution in [0.2, 0.25) is 0 Å². The molecule has 0 radical (unpaired) electrons. The summed E-state index contributed by atoms with van der Waals surface area (Å²) >= 11 is 3.66. The van der Waals surface area contributed by atoms with Gasteiger partial charge in [-0.05, 0) is 37.6 Å². The van der Waals surface area contributed by atoms with E-state index < -0.39 is 0 Å². The summed E-state index contributed by atoms with van der Waals surface area (Å²) in [4.78, 5) is 0. The summed E-state index contributed by atoms with van der Waals surface area (Å²) in [6, 6.07) is 4.18. The fourth-order valence-electron chi connectivity index (χ4n) is 2.50. The maximum Gasteiger partial charge on any atom is 0.162 e.